The molecule has 0 spiro atoms. The summed E-state index contributed by atoms with van der Waals surface area (Å²) >= 11 is 1.52. The molecule has 1 amide bonds. The molecule has 1 saturated heterocycles. The van der Waals surface area contributed by atoms with Gasteiger partial charge in [0.15, 0.2) is 0 Å². The van der Waals surface area contributed by atoms with Gasteiger partial charge >= 0.3 is 0 Å². The number of hydrogen-bond acceptors (Lipinski definition) is 7. The number of hydrogen-bond donors (Lipinski definition) is 1. The van der Waals surface area contributed by atoms with Gasteiger partial charge in [0.1, 0.15) is 16.4 Å². The summed E-state index contributed by atoms with van der Waals surface area (Å²) in [6, 6.07) is 12.0. The number of amides is 1. The normalized spacial score (nSPS) is 18.9. The van der Waals surface area contributed by atoms with Gasteiger partial charge in [-0.25, -0.2) is 9.37 Å². The number of halogens is 1. The van der Waals surface area contributed by atoms with Gasteiger partial charge in [0.25, 0.3) is 0 Å². The van der Waals surface area contributed by atoms with E-state index in [9.17, 15) is 13.4 Å². The van der Waals surface area contributed by atoms with Crippen molar-refractivity contribution in [1.29, 1.82) is 5.26 Å². The summed E-state index contributed by atoms with van der Waals surface area (Å²) in [5.74, 6) is 1.41. The van der Waals surface area contributed by atoms with Gasteiger partial charge in [0.2, 0.25) is 5.91 Å². The molecule has 6 rings (SSSR count). The van der Waals surface area contributed by atoms with Crippen LogP contribution in [0.5, 0.6) is 0 Å². The van der Waals surface area contributed by atoms with Crippen molar-refractivity contribution in [3.8, 4) is 27.1 Å². The first-order valence-corrected chi connectivity index (χ1v) is 15.8. The molecule has 3 fully saturated rings. The summed E-state index contributed by atoms with van der Waals surface area (Å²) in [7, 11) is -0.666. The molecule has 1 N–H and O–H groups in total. The number of rotatable bonds is 5. The lowest BCUT2D eigenvalue weighted by Crippen LogP contribution is -2.40. The van der Waals surface area contributed by atoms with Crippen LogP contribution >= 0.6 is 11.3 Å². The van der Waals surface area contributed by atoms with Crippen LogP contribution < -0.4 is 10.2 Å². The van der Waals surface area contributed by atoms with Crippen LogP contribution in [0.3, 0.4) is 0 Å². The van der Waals surface area contributed by atoms with Gasteiger partial charge in [-0.2, -0.15) is 5.26 Å². The van der Waals surface area contributed by atoms with Gasteiger partial charge in [0, 0.05) is 65.0 Å². The van der Waals surface area contributed by atoms with Crippen LogP contribution in [-0.2, 0) is 15.6 Å². The van der Waals surface area contributed by atoms with Crippen LogP contribution in [0.4, 0.5) is 10.1 Å². The maximum atomic E-state index is 13.3. The average molecular weight is 566 g/mol. The zero-order chi connectivity index (χ0) is 27.2. The zero-order valence-electron chi connectivity index (χ0n) is 21.8. The Morgan fingerprint density at radius 3 is 2.44 bits per heavy atom. The minimum atomic E-state index is -0.666. The first kappa shape index (κ1) is 27.4. The SMILES string of the molecule is N#CC1(NC(=O)C2CCCCC2)CC1.O=S1CCN(c2ccc(-c3cnc(-c4cncc(F)c4)s3)cc2)CC1. The minimum Gasteiger partial charge on any atom is -0.370 e. The lowest BCUT2D eigenvalue weighted by molar-refractivity contribution is -0.126. The van der Waals surface area contributed by atoms with E-state index < -0.39 is 16.3 Å². The van der Waals surface area contributed by atoms with Crippen molar-refractivity contribution in [1.82, 2.24) is 15.3 Å². The number of pyridine rings is 1. The lowest BCUT2D eigenvalue weighted by Gasteiger charge is -2.28. The fourth-order valence-corrected chi connectivity index (χ4v) is 6.85. The highest BCUT2D eigenvalue weighted by atomic mass is 32.2. The molecule has 10 heteroatoms. The van der Waals surface area contributed by atoms with Crippen LogP contribution in [0.2, 0.25) is 0 Å². The van der Waals surface area contributed by atoms with Gasteiger partial charge < -0.3 is 10.2 Å². The highest BCUT2D eigenvalue weighted by Gasteiger charge is 2.45. The predicted molar refractivity (Wildman–Crippen MR) is 153 cm³/mol. The summed E-state index contributed by atoms with van der Waals surface area (Å²) in [5.41, 5.74) is 2.44. The molecule has 204 valence electrons. The first-order chi connectivity index (χ1) is 18.9. The van der Waals surface area contributed by atoms with E-state index in [1.807, 2.05) is 6.20 Å². The highest BCUT2D eigenvalue weighted by Crippen LogP contribution is 2.36. The van der Waals surface area contributed by atoms with Crippen molar-refractivity contribution in [2.75, 3.05) is 29.5 Å². The zero-order valence-corrected chi connectivity index (χ0v) is 23.4. The molecule has 2 saturated carbocycles. The molecule has 39 heavy (non-hydrogen) atoms. The number of nitrogens with zero attached hydrogens (tertiary/aromatic N) is 4. The van der Waals surface area contributed by atoms with E-state index in [0.29, 0.717) is 5.56 Å². The van der Waals surface area contributed by atoms with E-state index in [-0.39, 0.29) is 17.6 Å². The fourth-order valence-electron chi connectivity index (χ4n) is 4.89. The number of anilines is 1. The molecule has 2 aliphatic carbocycles. The molecule has 0 unspecified atom stereocenters. The van der Waals surface area contributed by atoms with E-state index in [1.165, 1.54) is 30.0 Å². The Labute approximate surface area is 234 Å². The Morgan fingerprint density at radius 1 is 1.08 bits per heavy atom. The van der Waals surface area contributed by atoms with E-state index in [1.54, 1.807) is 6.20 Å². The molecule has 3 heterocycles. The summed E-state index contributed by atoms with van der Waals surface area (Å²) in [4.78, 5) is 23.3. The maximum Gasteiger partial charge on any atom is 0.224 e. The molecular weight excluding hydrogens is 533 g/mol. The van der Waals surface area contributed by atoms with Crippen molar-refractivity contribution < 1.29 is 13.4 Å². The summed E-state index contributed by atoms with van der Waals surface area (Å²) in [6.45, 7) is 1.67. The number of carbonyl (C=O) groups excluding carboxylic acids is 1. The Hall–Kier alpha value is -3.16. The molecule has 7 nitrogen and oxygen atoms in total. The first-order valence-electron chi connectivity index (χ1n) is 13.5. The monoisotopic (exact) mass is 565 g/mol. The molecule has 3 aliphatic rings. The summed E-state index contributed by atoms with van der Waals surface area (Å²) < 4.78 is 24.8. The number of aromatic nitrogens is 2. The van der Waals surface area contributed by atoms with Gasteiger partial charge in [-0.1, -0.05) is 31.4 Å². The van der Waals surface area contributed by atoms with Crippen molar-refractivity contribution in [3.63, 3.8) is 0 Å². The van der Waals surface area contributed by atoms with Crippen LogP contribution in [0.25, 0.3) is 21.0 Å². The molecule has 1 aliphatic heterocycles. The van der Waals surface area contributed by atoms with Gasteiger partial charge in [0.05, 0.1) is 17.1 Å². The number of thiazole rings is 1. The van der Waals surface area contributed by atoms with Gasteiger partial charge in [-0.15, -0.1) is 11.3 Å². The highest BCUT2D eigenvalue weighted by molar-refractivity contribution is 7.85. The molecular formula is C29H32FN5O2S2. The van der Waals surface area contributed by atoms with E-state index in [4.69, 9.17) is 5.26 Å². The van der Waals surface area contributed by atoms with Crippen LogP contribution in [0, 0.1) is 23.1 Å². The topological polar surface area (TPSA) is 99.0 Å². The minimum absolute atomic E-state index is 0.115. The van der Waals surface area contributed by atoms with Crippen molar-refractivity contribution in [3.05, 3.63) is 54.7 Å². The third kappa shape index (κ3) is 7.08. The second kappa shape index (κ2) is 12.3. The van der Waals surface area contributed by atoms with Crippen LogP contribution in [-0.4, -0.2) is 50.2 Å². The Morgan fingerprint density at radius 2 is 1.79 bits per heavy atom. The third-order valence-electron chi connectivity index (χ3n) is 7.45. The summed E-state index contributed by atoms with van der Waals surface area (Å²) in [5, 5.41) is 12.5. The maximum absolute atomic E-state index is 13.3. The number of nitrogens with one attached hydrogen (secondary N) is 1. The standard InChI is InChI=1S/C18H16FN3OS2.C11H16N2O/c19-15-9-14(10-20-11-15)18-21-12-17(24-18)13-1-3-16(4-2-13)22-5-7-25(23)8-6-22;12-8-11(6-7-11)13-10(14)9-4-2-1-3-5-9/h1-4,9-12H,5-8H2;9H,1-7H2,(H,13,14). The second-order valence-corrected chi connectivity index (χ2v) is 13.0. The van der Waals surface area contributed by atoms with E-state index in [0.717, 1.165) is 84.3 Å². The third-order valence-corrected chi connectivity index (χ3v) is 9.83. The smallest absolute Gasteiger partial charge is 0.224 e. The van der Waals surface area contributed by atoms with Crippen LogP contribution in [0.15, 0.2) is 48.9 Å². The van der Waals surface area contributed by atoms with Crippen molar-refractivity contribution >= 4 is 33.7 Å². The number of nitriles is 1. The molecule has 1 aromatic carbocycles. The fraction of sp³-hybridized carbons (Fsp3) is 0.448. The summed E-state index contributed by atoms with van der Waals surface area (Å²) in [6.07, 6.45) is 11.9. The molecule has 0 radical (unpaired) electrons. The van der Waals surface area contributed by atoms with E-state index in [2.05, 4.69) is 50.5 Å². The van der Waals surface area contributed by atoms with E-state index >= 15 is 0 Å². The van der Waals surface area contributed by atoms with Gasteiger partial charge in [-0.05, 0) is 49.4 Å². The lowest BCUT2D eigenvalue weighted by atomic mass is 9.88. The molecule has 0 atom stereocenters. The molecule has 0 bridgehead atoms. The number of carbonyl (C=O) groups is 1. The Kier molecular flexibility index (Phi) is 8.68. The second-order valence-electron chi connectivity index (χ2n) is 10.3. The quantitative estimate of drug-likeness (QED) is 0.450. The molecule has 2 aromatic heterocycles. The van der Waals surface area contributed by atoms with Crippen molar-refractivity contribution in [2.24, 2.45) is 5.92 Å². The van der Waals surface area contributed by atoms with Gasteiger partial charge in [-0.3, -0.25) is 14.0 Å². The Bertz CT molecular complexity index is 1350. The van der Waals surface area contributed by atoms with Crippen LogP contribution in [0.1, 0.15) is 44.9 Å². The predicted octanol–water partition coefficient (Wildman–Crippen LogP) is 5.32. The molecule has 3 aromatic rings. The number of benzene rings is 1. The average Bonchev–Trinajstić information content (AvgIpc) is 3.57. The van der Waals surface area contributed by atoms with Crippen molar-refractivity contribution in [2.45, 2.75) is 50.5 Å². The largest absolute Gasteiger partial charge is 0.370 e. The Balaban J connectivity index is 0.000000186.